The molecule has 1 N–H and O–H groups in total. The van der Waals surface area contributed by atoms with E-state index in [0.29, 0.717) is 16.8 Å². The van der Waals surface area contributed by atoms with Gasteiger partial charge in [-0.25, -0.2) is 0 Å². The first kappa shape index (κ1) is 15.7. The number of nitrogens with one attached hydrogen (secondary N) is 1. The number of amides is 1. The molecular formula is C20H18N2O2. The Labute approximate surface area is 141 Å². The van der Waals surface area contributed by atoms with Gasteiger partial charge in [0.25, 0.3) is 5.91 Å². The van der Waals surface area contributed by atoms with E-state index in [-0.39, 0.29) is 11.8 Å². The molecule has 0 aliphatic rings. The number of carbonyl (C=O) groups is 1. The average molecular weight is 318 g/mol. The molecule has 2 aromatic carbocycles. The van der Waals surface area contributed by atoms with Crippen molar-refractivity contribution in [3.05, 3.63) is 107 Å². The van der Waals surface area contributed by atoms with Gasteiger partial charge in [0.05, 0.1) is 5.56 Å². The lowest BCUT2D eigenvalue weighted by Crippen LogP contribution is -2.30. The zero-order valence-electron chi connectivity index (χ0n) is 13.1. The van der Waals surface area contributed by atoms with Crippen molar-refractivity contribution in [2.75, 3.05) is 6.54 Å². The van der Waals surface area contributed by atoms with Crippen molar-refractivity contribution in [3.63, 3.8) is 0 Å². The smallest absolute Gasteiger partial charge is 0.251 e. The lowest BCUT2D eigenvalue weighted by Gasteiger charge is -2.19. The number of benzene rings is 2. The normalized spacial score (nSPS) is 10.5. The van der Waals surface area contributed by atoms with Gasteiger partial charge in [0.1, 0.15) is 0 Å². The number of hydrogen-bond donors (Lipinski definition) is 1. The lowest BCUT2D eigenvalue weighted by molar-refractivity contribution is -0.605. The van der Waals surface area contributed by atoms with Crippen molar-refractivity contribution < 1.29 is 9.52 Å². The van der Waals surface area contributed by atoms with E-state index in [4.69, 9.17) is 0 Å². The molecule has 1 heterocycles. The van der Waals surface area contributed by atoms with Crippen LogP contribution >= 0.6 is 0 Å². The molecule has 4 nitrogen and oxygen atoms in total. The maximum Gasteiger partial charge on any atom is 0.251 e. The van der Waals surface area contributed by atoms with E-state index in [1.165, 1.54) is 24.5 Å². The molecule has 1 amide bonds. The van der Waals surface area contributed by atoms with Crippen LogP contribution in [-0.2, 0) is 0 Å². The molecule has 3 rings (SSSR count). The first-order valence-corrected chi connectivity index (χ1v) is 7.81. The number of rotatable bonds is 5. The van der Waals surface area contributed by atoms with Gasteiger partial charge < -0.3 is 10.5 Å². The molecule has 1 aromatic heterocycles. The Bertz CT molecular complexity index is 747. The second kappa shape index (κ2) is 7.42. The van der Waals surface area contributed by atoms with Gasteiger partial charge in [0.15, 0.2) is 12.4 Å². The molecule has 0 aliphatic heterocycles. The Hall–Kier alpha value is -3.14. The van der Waals surface area contributed by atoms with Gasteiger partial charge in [-0.1, -0.05) is 60.7 Å². The van der Waals surface area contributed by atoms with Crippen molar-refractivity contribution in [1.82, 2.24) is 5.32 Å². The van der Waals surface area contributed by atoms with Crippen LogP contribution in [0.5, 0.6) is 0 Å². The minimum absolute atomic E-state index is 0.0736. The van der Waals surface area contributed by atoms with E-state index in [1.54, 1.807) is 0 Å². The third kappa shape index (κ3) is 3.79. The molecule has 120 valence electrons. The summed E-state index contributed by atoms with van der Waals surface area (Å²) >= 11 is 0. The summed E-state index contributed by atoms with van der Waals surface area (Å²) in [6.45, 7) is 0.485. The Morgan fingerprint density at radius 1 is 0.875 bits per heavy atom. The van der Waals surface area contributed by atoms with Crippen LogP contribution in [0.2, 0.25) is 0 Å². The zero-order valence-corrected chi connectivity index (χ0v) is 13.1. The fourth-order valence-electron chi connectivity index (χ4n) is 2.66. The van der Waals surface area contributed by atoms with Crippen molar-refractivity contribution in [2.24, 2.45) is 0 Å². The van der Waals surface area contributed by atoms with E-state index in [0.717, 1.165) is 11.1 Å². The fourth-order valence-corrected chi connectivity index (χ4v) is 2.66. The topological polar surface area (TPSA) is 56.0 Å². The third-order valence-electron chi connectivity index (χ3n) is 3.93. The highest BCUT2D eigenvalue weighted by atomic mass is 16.5. The largest absolute Gasteiger partial charge is 0.619 e. The second-order valence-electron chi connectivity index (χ2n) is 5.53. The van der Waals surface area contributed by atoms with E-state index >= 15 is 0 Å². The molecule has 0 radical (unpaired) electrons. The van der Waals surface area contributed by atoms with Gasteiger partial charge in [-0.15, -0.1) is 0 Å². The van der Waals surface area contributed by atoms with Crippen molar-refractivity contribution >= 4 is 5.91 Å². The zero-order chi connectivity index (χ0) is 16.8. The quantitative estimate of drug-likeness (QED) is 0.581. The average Bonchev–Trinajstić information content (AvgIpc) is 2.64. The molecular weight excluding hydrogens is 300 g/mol. The van der Waals surface area contributed by atoms with Gasteiger partial charge >= 0.3 is 0 Å². The van der Waals surface area contributed by atoms with Crippen LogP contribution in [0.3, 0.4) is 0 Å². The summed E-state index contributed by atoms with van der Waals surface area (Å²) in [4.78, 5) is 12.3. The fraction of sp³-hybridized carbons (Fsp3) is 0.100. The van der Waals surface area contributed by atoms with E-state index < -0.39 is 0 Å². The second-order valence-corrected chi connectivity index (χ2v) is 5.53. The molecule has 4 heteroatoms. The highest BCUT2D eigenvalue weighted by Gasteiger charge is 2.16. The molecule has 0 spiro atoms. The predicted octanol–water partition coefficient (Wildman–Crippen LogP) is 2.88. The van der Waals surface area contributed by atoms with Crippen molar-refractivity contribution in [2.45, 2.75) is 5.92 Å². The summed E-state index contributed by atoms with van der Waals surface area (Å²) in [5.41, 5.74) is 2.77. The molecule has 0 atom stereocenters. The summed E-state index contributed by atoms with van der Waals surface area (Å²) in [5.74, 6) is -0.114. The van der Waals surface area contributed by atoms with Crippen molar-refractivity contribution in [3.8, 4) is 0 Å². The van der Waals surface area contributed by atoms with Crippen LogP contribution in [0.4, 0.5) is 0 Å². The molecule has 24 heavy (non-hydrogen) atoms. The van der Waals surface area contributed by atoms with Crippen LogP contribution < -0.4 is 10.0 Å². The molecule has 0 saturated heterocycles. The molecule has 0 fully saturated rings. The standard InChI is InChI=1S/C20H18N2O2/c23-20(18-11-13-22(24)14-12-18)21-15-19(16-7-3-1-4-8-16)17-9-5-2-6-10-17/h1-14,19H,15H2,(H,21,23). The Balaban J connectivity index is 1.77. The number of pyridine rings is 1. The molecule has 0 aliphatic carbocycles. The third-order valence-corrected chi connectivity index (χ3v) is 3.93. The number of hydrogen-bond acceptors (Lipinski definition) is 2. The van der Waals surface area contributed by atoms with Crippen LogP contribution in [0.1, 0.15) is 27.4 Å². The minimum Gasteiger partial charge on any atom is -0.619 e. The first-order valence-electron chi connectivity index (χ1n) is 7.81. The van der Waals surface area contributed by atoms with Crippen LogP contribution in [0.25, 0.3) is 0 Å². The molecule has 3 aromatic rings. The highest BCUT2D eigenvalue weighted by molar-refractivity contribution is 5.93. The van der Waals surface area contributed by atoms with Crippen LogP contribution in [-0.4, -0.2) is 12.5 Å². The monoisotopic (exact) mass is 318 g/mol. The number of carbonyl (C=O) groups excluding carboxylic acids is 1. The molecule has 0 bridgehead atoms. The summed E-state index contributed by atoms with van der Waals surface area (Å²) in [7, 11) is 0. The van der Waals surface area contributed by atoms with E-state index in [9.17, 15) is 10.0 Å². The Morgan fingerprint density at radius 3 is 1.88 bits per heavy atom. The van der Waals surface area contributed by atoms with Gasteiger partial charge in [-0.2, -0.15) is 4.73 Å². The van der Waals surface area contributed by atoms with Gasteiger partial charge in [-0.05, 0) is 11.1 Å². The van der Waals surface area contributed by atoms with E-state index in [1.807, 2.05) is 36.4 Å². The predicted molar refractivity (Wildman–Crippen MR) is 92.5 cm³/mol. The van der Waals surface area contributed by atoms with Crippen molar-refractivity contribution in [1.29, 1.82) is 0 Å². The summed E-state index contributed by atoms with van der Waals surface area (Å²) < 4.78 is 0.660. The Kier molecular flexibility index (Phi) is 4.87. The minimum atomic E-state index is -0.188. The molecule has 0 unspecified atom stereocenters. The summed E-state index contributed by atoms with van der Waals surface area (Å²) in [6, 6.07) is 23.2. The summed E-state index contributed by atoms with van der Waals surface area (Å²) in [6.07, 6.45) is 2.64. The van der Waals surface area contributed by atoms with Gasteiger partial charge in [-0.3, -0.25) is 4.79 Å². The first-order chi connectivity index (χ1) is 11.7. The van der Waals surface area contributed by atoms with Crippen LogP contribution in [0.15, 0.2) is 85.2 Å². The van der Waals surface area contributed by atoms with Crippen LogP contribution in [0, 0.1) is 5.21 Å². The summed E-state index contributed by atoms with van der Waals surface area (Å²) in [5, 5.41) is 14.0. The van der Waals surface area contributed by atoms with E-state index in [2.05, 4.69) is 29.6 Å². The van der Waals surface area contributed by atoms with Gasteiger partial charge in [0.2, 0.25) is 0 Å². The molecule has 0 saturated carbocycles. The Morgan fingerprint density at radius 2 is 1.38 bits per heavy atom. The maximum absolute atomic E-state index is 12.3. The maximum atomic E-state index is 12.3. The number of nitrogens with zero attached hydrogens (tertiary/aromatic N) is 1. The SMILES string of the molecule is O=C(NCC(c1ccccc1)c1ccccc1)c1cc[n+]([O-])cc1. The van der Waals surface area contributed by atoms with Gasteiger partial charge in [0, 0.05) is 24.6 Å². The number of aromatic nitrogens is 1. The highest BCUT2D eigenvalue weighted by Crippen LogP contribution is 2.23. The lowest BCUT2D eigenvalue weighted by atomic mass is 9.91.